The summed E-state index contributed by atoms with van der Waals surface area (Å²) >= 11 is 0. The molecule has 0 atom stereocenters. The van der Waals surface area contributed by atoms with E-state index in [1.54, 1.807) is 0 Å². The molecule has 0 spiro atoms. The molecule has 0 aliphatic heterocycles. The first kappa shape index (κ1) is 23.6. The number of hydrogen-bond acceptors (Lipinski definition) is 5. The third-order valence-electron chi connectivity index (χ3n) is 3.04. The van der Waals surface area contributed by atoms with Crippen LogP contribution in [0.3, 0.4) is 0 Å². The summed E-state index contributed by atoms with van der Waals surface area (Å²) in [5.41, 5.74) is 0. The van der Waals surface area contributed by atoms with E-state index in [-0.39, 0.29) is 36.0 Å². The van der Waals surface area contributed by atoms with Gasteiger partial charge in [-0.1, -0.05) is 58.3 Å². The first-order chi connectivity index (χ1) is 9.52. The first-order valence-corrected chi connectivity index (χ1v) is 9.12. The Morgan fingerprint density at radius 3 is 1.90 bits per heavy atom. The van der Waals surface area contributed by atoms with E-state index in [1.165, 1.54) is 32.1 Å². The van der Waals surface area contributed by atoms with Crippen LogP contribution in [-0.2, 0) is 19.1 Å². The zero-order valence-corrected chi connectivity index (χ0v) is 16.3. The molecule has 0 aromatic carbocycles. The Morgan fingerprint density at radius 1 is 0.952 bits per heavy atom. The molecule has 0 heterocycles. The second-order valence-electron chi connectivity index (χ2n) is 5.00. The number of carbonyl (C=O) groups excluding carboxylic acids is 1. The predicted molar refractivity (Wildman–Crippen MR) is 76.6 cm³/mol. The van der Waals surface area contributed by atoms with E-state index < -0.39 is 28.4 Å². The van der Waals surface area contributed by atoms with E-state index >= 15 is 0 Å². The molecular weight excluding hydrogens is 303 g/mol. The van der Waals surface area contributed by atoms with Crippen molar-refractivity contribution in [3.63, 3.8) is 0 Å². The minimum atomic E-state index is -3.95. The van der Waals surface area contributed by atoms with Crippen LogP contribution in [0, 0.1) is 0 Å². The molecule has 0 saturated heterocycles. The number of carbonyl (C=O) groups is 1. The molecule has 7 heteroatoms. The van der Waals surface area contributed by atoms with Gasteiger partial charge < -0.3 is 9.29 Å². The van der Waals surface area contributed by atoms with Crippen molar-refractivity contribution >= 4 is 16.1 Å². The average Bonchev–Trinajstić information content (AvgIpc) is 2.36. The molecular formula is C14H27NaO5S. The quantitative estimate of drug-likeness (QED) is 0.249. The maximum Gasteiger partial charge on any atom is 1.00 e. The second-order valence-corrected chi connectivity index (χ2v) is 6.69. The second kappa shape index (κ2) is 15.3. The van der Waals surface area contributed by atoms with Crippen LogP contribution < -0.4 is 34.7 Å². The topological polar surface area (TPSA) is 83.5 Å². The van der Waals surface area contributed by atoms with E-state index in [2.05, 4.69) is 11.1 Å². The first-order valence-electron chi connectivity index (χ1n) is 7.55. The fourth-order valence-corrected chi connectivity index (χ4v) is 2.56. The maximum absolute atomic E-state index is 11.2. The molecule has 0 fully saturated rings. The number of unbranched alkanes of at least 4 members (excludes halogenated alkanes) is 8. The summed E-state index contributed by atoms with van der Waals surface area (Å²) in [6.07, 6.45) is 10.2. The zero-order chi connectivity index (χ0) is 15.3. The average molecular weight is 330 g/mol. The monoisotopic (exact) mass is 330 g/mol. The van der Waals surface area contributed by atoms with Gasteiger partial charge in [-0.2, -0.15) is 8.42 Å². The Labute approximate surface area is 151 Å². The van der Waals surface area contributed by atoms with Gasteiger partial charge in [0.05, 0.1) is 5.75 Å². The Kier molecular flexibility index (Phi) is 17.2. The van der Waals surface area contributed by atoms with Gasteiger partial charge in [0.1, 0.15) is 0 Å². The molecule has 0 aliphatic rings. The minimum absolute atomic E-state index is 0. The van der Waals surface area contributed by atoms with Crippen molar-refractivity contribution < 1.29 is 52.1 Å². The van der Waals surface area contributed by atoms with E-state index in [0.29, 0.717) is 6.42 Å². The van der Waals surface area contributed by atoms with Crippen molar-refractivity contribution in [2.24, 2.45) is 0 Å². The molecule has 0 saturated carbocycles. The third kappa shape index (κ3) is 16.6. The van der Waals surface area contributed by atoms with Gasteiger partial charge in [-0.3, -0.25) is 4.79 Å². The molecule has 0 amide bonds. The summed E-state index contributed by atoms with van der Waals surface area (Å²) in [4.78, 5) is 11.2. The number of rotatable bonds is 13. The summed E-state index contributed by atoms with van der Waals surface area (Å²) < 4.78 is 26.4. The Balaban J connectivity index is 0. The Hall–Kier alpha value is 0.380. The van der Waals surface area contributed by atoms with Crippen molar-refractivity contribution in [3.8, 4) is 0 Å². The van der Waals surface area contributed by atoms with Crippen LogP contribution >= 0.6 is 0 Å². The van der Waals surface area contributed by atoms with Crippen LogP contribution in [0.4, 0.5) is 0 Å². The van der Waals surface area contributed by atoms with Gasteiger partial charge in [0, 0.05) is 6.42 Å². The van der Waals surface area contributed by atoms with E-state index in [9.17, 15) is 18.3 Å². The van der Waals surface area contributed by atoms with Crippen molar-refractivity contribution in [1.29, 1.82) is 0 Å². The fraction of sp³-hybridized carbons (Fsp3) is 0.929. The molecule has 21 heavy (non-hydrogen) atoms. The van der Waals surface area contributed by atoms with E-state index in [4.69, 9.17) is 0 Å². The molecule has 0 unspecified atom stereocenters. The van der Waals surface area contributed by atoms with Crippen LogP contribution in [0.2, 0.25) is 0 Å². The molecule has 0 radical (unpaired) electrons. The van der Waals surface area contributed by atoms with Gasteiger partial charge in [0.25, 0.3) is 0 Å². The summed E-state index contributed by atoms with van der Waals surface area (Å²) in [6, 6.07) is 0. The summed E-state index contributed by atoms with van der Waals surface area (Å²) in [5.74, 6) is -1.39. The van der Waals surface area contributed by atoms with Gasteiger partial charge in [-0.05, 0) is 6.42 Å². The van der Waals surface area contributed by atoms with Crippen LogP contribution in [0.1, 0.15) is 71.1 Å². The zero-order valence-electron chi connectivity index (χ0n) is 13.4. The fourth-order valence-electron chi connectivity index (χ4n) is 1.91. The smallest absolute Gasteiger partial charge is 0.854 e. The molecule has 0 N–H and O–H groups in total. The van der Waals surface area contributed by atoms with Crippen molar-refractivity contribution in [2.75, 3.05) is 12.4 Å². The SMILES string of the molecule is CCCCCCCCCCCC(=O)OS(=O)(=O)CC[O-].[Na+]. The normalized spacial score (nSPS) is 11.0. The van der Waals surface area contributed by atoms with Gasteiger partial charge >= 0.3 is 45.6 Å². The Bertz CT molecular complexity index is 343. The molecule has 0 aromatic rings. The summed E-state index contributed by atoms with van der Waals surface area (Å²) in [7, 11) is -3.95. The summed E-state index contributed by atoms with van der Waals surface area (Å²) in [6.45, 7) is 1.41. The molecule has 0 aromatic heterocycles. The molecule has 120 valence electrons. The predicted octanol–water partition coefficient (Wildman–Crippen LogP) is -0.855. The Morgan fingerprint density at radius 2 is 1.43 bits per heavy atom. The van der Waals surface area contributed by atoms with Crippen LogP contribution in [-0.4, -0.2) is 26.7 Å². The van der Waals surface area contributed by atoms with Gasteiger partial charge in [0.2, 0.25) is 0 Å². The number of hydrogen-bond donors (Lipinski definition) is 0. The van der Waals surface area contributed by atoms with Gasteiger partial charge in [-0.25, -0.2) is 0 Å². The van der Waals surface area contributed by atoms with Gasteiger partial charge in [0.15, 0.2) is 0 Å². The van der Waals surface area contributed by atoms with Crippen LogP contribution in [0.5, 0.6) is 0 Å². The summed E-state index contributed by atoms with van der Waals surface area (Å²) in [5, 5.41) is 10.2. The maximum atomic E-state index is 11.2. The molecule has 5 nitrogen and oxygen atoms in total. The van der Waals surface area contributed by atoms with Crippen molar-refractivity contribution in [3.05, 3.63) is 0 Å². The van der Waals surface area contributed by atoms with Gasteiger partial charge in [-0.15, -0.1) is 6.61 Å². The van der Waals surface area contributed by atoms with E-state index in [0.717, 1.165) is 19.3 Å². The van der Waals surface area contributed by atoms with Crippen LogP contribution in [0.15, 0.2) is 0 Å². The molecule has 0 bridgehead atoms. The van der Waals surface area contributed by atoms with Crippen molar-refractivity contribution in [2.45, 2.75) is 71.1 Å². The molecule has 0 rings (SSSR count). The van der Waals surface area contributed by atoms with Crippen molar-refractivity contribution in [1.82, 2.24) is 0 Å². The standard InChI is InChI=1S/C14H27O5S.Na/c1-2-3-4-5-6-7-8-9-10-11-14(16)19-20(17,18)13-12-15;/h2-13H2,1H3;/q-1;+1. The van der Waals surface area contributed by atoms with Crippen LogP contribution in [0.25, 0.3) is 0 Å². The van der Waals surface area contributed by atoms with E-state index in [1.807, 2.05) is 0 Å². The molecule has 0 aliphatic carbocycles. The third-order valence-corrected chi connectivity index (χ3v) is 4.14. The minimum Gasteiger partial charge on any atom is -0.854 e. The largest absolute Gasteiger partial charge is 1.00 e.